The van der Waals surface area contributed by atoms with Crippen molar-refractivity contribution in [1.82, 2.24) is 4.90 Å². The number of hydrogen-bond acceptors (Lipinski definition) is 7. The van der Waals surface area contributed by atoms with Crippen LogP contribution in [0.1, 0.15) is 75.0 Å². The minimum Gasteiger partial charge on any atom is -0.507 e. The van der Waals surface area contributed by atoms with Gasteiger partial charge in [-0.25, -0.2) is 8.42 Å². The minimum atomic E-state index is -4.09. The van der Waals surface area contributed by atoms with Crippen LogP contribution in [-0.2, 0) is 30.1 Å². The molecule has 1 N–H and O–H groups in total. The van der Waals surface area contributed by atoms with Crippen molar-refractivity contribution in [3.8, 4) is 11.8 Å². The third-order valence-corrected chi connectivity index (χ3v) is 8.38. The van der Waals surface area contributed by atoms with Crippen molar-refractivity contribution >= 4 is 20.6 Å². The van der Waals surface area contributed by atoms with Crippen LogP contribution in [0.3, 0.4) is 0 Å². The Hall–Kier alpha value is -3.19. The zero-order chi connectivity index (χ0) is 30.3. The lowest BCUT2D eigenvalue weighted by Crippen LogP contribution is -2.36. The van der Waals surface area contributed by atoms with Gasteiger partial charge in [0.2, 0.25) is 9.84 Å². The predicted octanol–water partition coefficient (Wildman–Crippen LogP) is 5.45. The topological polar surface area (TPSA) is 117 Å². The summed E-state index contributed by atoms with van der Waals surface area (Å²) in [6, 6.07) is 11.2. The maximum Gasteiger partial charge on any atom is 0.254 e. The summed E-state index contributed by atoms with van der Waals surface area (Å²) < 4.78 is 38.2. The number of rotatable bonds is 11. The van der Waals surface area contributed by atoms with Gasteiger partial charge in [0.05, 0.1) is 35.5 Å². The summed E-state index contributed by atoms with van der Waals surface area (Å²) in [6.07, 6.45) is 1.28. The fourth-order valence-corrected chi connectivity index (χ4v) is 5.72. The van der Waals surface area contributed by atoms with Gasteiger partial charge in [-0.1, -0.05) is 47.6 Å². The molecule has 0 heterocycles. The number of phenols is 1. The fraction of sp³-hybridized carbons (Fsp3) is 0.484. The third kappa shape index (κ3) is 7.94. The average Bonchev–Trinajstić information content (AvgIpc) is 2.88. The molecule has 0 radical (unpaired) electrons. The summed E-state index contributed by atoms with van der Waals surface area (Å²) in [5.74, 6) is -0.128. The molecule has 0 spiro atoms. The number of allylic oxidation sites excluding steroid dienone is 1. The monoisotopic (exact) mass is 570 g/mol. The first-order valence-electron chi connectivity index (χ1n) is 13.2. The molecule has 2 aromatic carbocycles. The largest absolute Gasteiger partial charge is 0.507 e. The van der Waals surface area contributed by atoms with Gasteiger partial charge in [-0.15, -0.1) is 0 Å². The van der Waals surface area contributed by atoms with Gasteiger partial charge in [-0.3, -0.25) is 4.79 Å². The van der Waals surface area contributed by atoms with E-state index in [-0.39, 0.29) is 27.9 Å². The molecule has 2 rings (SSSR count). The fourth-order valence-electron chi connectivity index (χ4n) is 4.25. The highest BCUT2D eigenvalue weighted by Crippen LogP contribution is 2.42. The van der Waals surface area contributed by atoms with Crippen molar-refractivity contribution in [2.24, 2.45) is 0 Å². The Balaban J connectivity index is 2.63. The van der Waals surface area contributed by atoms with Crippen molar-refractivity contribution in [1.29, 1.82) is 5.26 Å². The van der Waals surface area contributed by atoms with Gasteiger partial charge in [-0.2, -0.15) is 5.26 Å². The molecule has 8 nitrogen and oxygen atoms in total. The minimum absolute atomic E-state index is 0.00346. The molecule has 0 fully saturated rings. The summed E-state index contributed by atoms with van der Waals surface area (Å²) in [6.45, 7) is 13.1. The van der Waals surface area contributed by atoms with Crippen molar-refractivity contribution in [2.75, 3.05) is 40.5 Å². The highest BCUT2D eigenvalue weighted by Gasteiger charge is 2.30. The highest BCUT2D eigenvalue weighted by molar-refractivity contribution is 8.00. The van der Waals surface area contributed by atoms with Gasteiger partial charge in [0.15, 0.2) is 0 Å². The van der Waals surface area contributed by atoms with Crippen LogP contribution in [0.15, 0.2) is 47.4 Å². The predicted molar refractivity (Wildman–Crippen MR) is 157 cm³/mol. The lowest BCUT2D eigenvalue weighted by atomic mass is 9.78. The number of amides is 1. The third-order valence-electron chi connectivity index (χ3n) is 6.51. The number of hydrogen-bond donors (Lipinski definition) is 1. The number of carbonyl (C=O) groups is 1. The van der Waals surface area contributed by atoms with E-state index in [4.69, 9.17) is 9.47 Å². The van der Waals surface area contributed by atoms with Crippen LogP contribution in [-0.4, -0.2) is 64.9 Å². The molecule has 0 saturated carbocycles. The summed E-state index contributed by atoms with van der Waals surface area (Å²) >= 11 is 0. The Morgan fingerprint density at radius 2 is 1.40 bits per heavy atom. The SMILES string of the molecule is COCCN(CCOC)C(=O)c1ccc(S(=O)(=O)/C(=C\CC#N)c2cc(C(C)(C)C)c(O)c(C(C)(C)C)c2)cc1. The number of carbonyl (C=O) groups excluding carboxylic acids is 1. The van der Waals surface area contributed by atoms with Gasteiger partial charge in [0.25, 0.3) is 5.91 Å². The standard InChI is InChI=1S/C31H42N2O6S/c1-30(2,3)25-20-23(21-26(28(25)34)31(4,5)6)27(10-9-15-32)40(36,37)24-13-11-22(12-14-24)29(35)33(16-18-38-7)17-19-39-8/h10-14,20-21,34H,9,16-19H2,1-8H3/b27-10-. The Bertz CT molecular complexity index is 1320. The van der Waals surface area contributed by atoms with Gasteiger partial charge in [0, 0.05) is 44.0 Å². The first-order chi connectivity index (χ1) is 18.6. The number of benzene rings is 2. The molecular formula is C31H42N2O6S. The molecule has 0 aliphatic heterocycles. The quantitative estimate of drug-likeness (QED) is 0.382. The van der Waals surface area contributed by atoms with Crippen LogP contribution in [0.2, 0.25) is 0 Å². The van der Waals surface area contributed by atoms with Crippen LogP contribution in [0.5, 0.6) is 5.75 Å². The van der Waals surface area contributed by atoms with Gasteiger partial charge < -0.3 is 19.5 Å². The number of phenolic OH excluding ortho intramolecular Hbond substituents is 1. The lowest BCUT2D eigenvalue weighted by molar-refractivity contribution is 0.0627. The van der Waals surface area contributed by atoms with Crippen LogP contribution >= 0.6 is 0 Å². The van der Waals surface area contributed by atoms with Crippen molar-refractivity contribution in [2.45, 2.75) is 63.7 Å². The molecule has 40 heavy (non-hydrogen) atoms. The normalized spacial score (nSPS) is 12.7. The molecule has 2 aromatic rings. The van der Waals surface area contributed by atoms with Crippen LogP contribution in [0.25, 0.3) is 4.91 Å². The zero-order valence-corrected chi connectivity index (χ0v) is 25.7. The average molecular weight is 571 g/mol. The molecule has 9 heteroatoms. The maximum atomic E-state index is 14.0. The van der Waals surface area contributed by atoms with E-state index >= 15 is 0 Å². The van der Waals surface area contributed by atoms with E-state index in [9.17, 15) is 23.6 Å². The van der Waals surface area contributed by atoms with Crippen molar-refractivity contribution < 1.29 is 27.8 Å². The lowest BCUT2D eigenvalue weighted by Gasteiger charge is -2.28. The Morgan fingerprint density at radius 3 is 1.80 bits per heavy atom. The number of sulfone groups is 1. The first kappa shape index (κ1) is 33.0. The molecule has 0 atom stereocenters. The van der Waals surface area contributed by atoms with Crippen LogP contribution in [0, 0.1) is 11.3 Å². The Morgan fingerprint density at radius 1 is 0.925 bits per heavy atom. The molecule has 0 aliphatic carbocycles. The van der Waals surface area contributed by atoms with E-state index in [0.29, 0.717) is 48.6 Å². The summed E-state index contributed by atoms with van der Waals surface area (Å²) in [5, 5.41) is 20.4. The van der Waals surface area contributed by atoms with Crippen LogP contribution in [0.4, 0.5) is 0 Å². The number of nitriles is 1. The first-order valence-corrected chi connectivity index (χ1v) is 14.7. The summed E-state index contributed by atoms with van der Waals surface area (Å²) in [4.78, 5) is 14.7. The van der Waals surface area contributed by atoms with Crippen LogP contribution < -0.4 is 0 Å². The van der Waals surface area contributed by atoms with Gasteiger partial charge in [-0.05, 0) is 52.8 Å². The molecule has 0 aliphatic rings. The van der Waals surface area contributed by atoms with Crippen molar-refractivity contribution in [3.63, 3.8) is 0 Å². The molecule has 0 aromatic heterocycles. The molecule has 0 saturated heterocycles. The zero-order valence-electron chi connectivity index (χ0n) is 24.9. The highest BCUT2D eigenvalue weighted by atomic mass is 32.2. The second-order valence-corrected chi connectivity index (χ2v) is 13.6. The molecule has 0 bridgehead atoms. The van der Waals surface area contributed by atoms with Gasteiger partial charge in [0.1, 0.15) is 5.75 Å². The van der Waals surface area contributed by atoms with E-state index in [1.165, 1.54) is 30.3 Å². The maximum absolute atomic E-state index is 14.0. The molecule has 0 unspecified atom stereocenters. The van der Waals surface area contributed by atoms with E-state index in [1.54, 1.807) is 31.3 Å². The van der Waals surface area contributed by atoms with E-state index in [1.807, 2.05) is 47.6 Å². The number of methoxy groups -OCH3 is 2. The van der Waals surface area contributed by atoms with E-state index < -0.39 is 20.7 Å². The molecule has 218 valence electrons. The van der Waals surface area contributed by atoms with E-state index in [0.717, 1.165) is 0 Å². The number of nitrogens with zero attached hydrogens (tertiary/aromatic N) is 2. The second kappa shape index (κ2) is 13.4. The number of ether oxygens (including phenoxy) is 2. The second-order valence-electron chi connectivity index (χ2n) is 11.7. The molecule has 1 amide bonds. The van der Waals surface area contributed by atoms with Crippen molar-refractivity contribution in [3.05, 3.63) is 64.7 Å². The van der Waals surface area contributed by atoms with Gasteiger partial charge >= 0.3 is 0 Å². The summed E-state index contributed by atoms with van der Waals surface area (Å²) in [7, 11) is -0.982. The Kier molecular flexibility index (Phi) is 11.1. The smallest absolute Gasteiger partial charge is 0.254 e. The van der Waals surface area contributed by atoms with E-state index in [2.05, 4.69) is 0 Å². The number of aromatic hydroxyl groups is 1. The Labute approximate surface area is 239 Å². The summed E-state index contributed by atoms with van der Waals surface area (Å²) in [5.41, 5.74) is 1.02. The molecular weight excluding hydrogens is 528 g/mol.